The van der Waals surface area contributed by atoms with E-state index in [9.17, 15) is 8.42 Å². The minimum absolute atomic E-state index is 0.343. The van der Waals surface area contributed by atoms with Crippen molar-refractivity contribution in [2.75, 3.05) is 33.2 Å². The summed E-state index contributed by atoms with van der Waals surface area (Å²) in [5, 5.41) is 3.34. The van der Waals surface area contributed by atoms with Gasteiger partial charge < -0.3 is 9.73 Å². The van der Waals surface area contributed by atoms with Gasteiger partial charge in [0, 0.05) is 32.2 Å². The summed E-state index contributed by atoms with van der Waals surface area (Å²) in [4.78, 5) is 0. The molecule has 0 atom stereocenters. The monoisotopic (exact) mass is 315 g/mol. The maximum atomic E-state index is 12.5. The lowest BCUT2D eigenvalue weighted by atomic mass is 9.98. The van der Waals surface area contributed by atoms with E-state index < -0.39 is 10.2 Å². The fourth-order valence-electron chi connectivity index (χ4n) is 2.61. The second kappa shape index (κ2) is 7.40. The highest BCUT2D eigenvalue weighted by molar-refractivity contribution is 7.86. The molecule has 1 aromatic heterocycles. The van der Waals surface area contributed by atoms with Crippen LogP contribution >= 0.6 is 0 Å². The summed E-state index contributed by atoms with van der Waals surface area (Å²) in [6, 6.07) is 1.79. The number of furan rings is 1. The van der Waals surface area contributed by atoms with Crippen LogP contribution in [0.1, 0.15) is 25.3 Å². The minimum Gasteiger partial charge on any atom is -0.472 e. The van der Waals surface area contributed by atoms with Crippen molar-refractivity contribution in [2.24, 2.45) is 5.92 Å². The van der Waals surface area contributed by atoms with Crippen molar-refractivity contribution < 1.29 is 12.8 Å². The predicted octanol–water partition coefficient (Wildman–Crippen LogP) is 1.28. The standard InChI is InChI=1S/C14H25N3O3S/c1-3-15-10-13-4-7-17(8-5-13)21(18,19)16(2)11-14-6-9-20-12-14/h6,9,12-13,15H,3-5,7-8,10-11H2,1-2H3. The quantitative estimate of drug-likeness (QED) is 0.823. The Morgan fingerprint density at radius 2 is 2.14 bits per heavy atom. The van der Waals surface area contributed by atoms with Gasteiger partial charge in [-0.05, 0) is 37.9 Å². The molecule has 2 rings (SSSR count). The molecule has 0 spiro atoms. The maximum Gasteiger partial charge on any atom is 0.282 e. The third-order valence-electron chi connectivity index (χ3n) is 3.96. The third kappa shape index (κ3) is 4.29. The minimum atomic E-state index is -3.38. The van der Waals surface area contributed by atoms with Gasteiger partial charge in [-0.2, -0.15) is 17.0 Å². The molecule has 1 N–H and O–H groups in total. The molecule has 0 radical (unpaired) electrons. The number of nitrogens with one attached hydrogen (secondary N) is 1. The Kier molecular flexibility index (Phi) is 5.80. The molecule has 0 saturated carbocycles. The molecule has 1 aliphatic rings. The SMILES string of the molecule is CCNCC1CCN(S(=O)(=O)N(C)Cc2ccoc2)CC1. The Balaban J connectivity index is 1.88. The zero-order valence-electron chi connectivity index (χ0n) is 12.8. The summed E-state index contributed by atoms with van der Waals surface area (Å²) < 4.78 is 33.0. The highest BCUT2D eigenvalue weighted by Gasteiger charge is 2.30. The van der Waals surface area contributed by atoms with Crippen molar-refractivity contribution in [3.05, 3.63) is 24.2 Å². The van der Waals surface area contributed by atoms with E-state index in [-0.39, 0.29) is 0 Å². The van der Waals surface area contributed by atoms with Crippen molar-refractivity contribution in [1.82, 2.24) is 13.9 Å². The molecule has 1 fully saturated rings. The van der Waals surface area contributed by atoms with Crippen LogP contribution in [0, 0.1) is 5.92 Å². The van der Waals surface area contributed by atoms with Crippen molar-refractivity contribution >= 4 is 10.2 Å². The molecule has 120 valence electrons. The Bertz CT molecular complexity index is 508. The van der Waals surface area contributed by atoms with Gasteiger partial charge in [0.05, 0.1) is 12.5 Å². The van der Waals surface area contributed by atoms with Gasteiger partial charge in [0.1, 0.15) is 0 Å². The van der Waals surface area contributed by atoms with Gasteiger partial charge >= 0.3 is 0 Å². The molecular formula is C14H25N3O3S. The van der Waals surface area contributed by atoms with E-state index in [2.05, 4.69) is 12.2 Å². The van der Waals surface area contributed by atoms with Crippen LogP contribution < -0.4 is 5.32 Å². The molecule has 1 aromatic rings. The second-order valence-electron chi connectivity index (χ2n) is 5.55. The van der Waals surface area contributed by atoms with Gasteiger partial charge in [0.15, 0.2) is 0 Å². The van der Waals surface area contributed by atoms with Gasteiger partial charge in [-0.25, -0.2) is 0 Å². The number of nitrogens with zero attached hydrogens (tertiary/aromatic N) is 2. The van der Waals surface area contributed by atoms with E-state index >= 15 is 0 Å². The molecule has 0 aromatic carbocycles. The van der Waals surface area contributed by atoms with Crippen LogP contribution in [-0.4, -0.2) is 50.3 Å². The van der Waals surface area contributed by atoms with E-state index in [0.29, 0.717) is 25.6 Å². The topological polar surface area (TPSA) is 65.8 Å². The van der Waals surface area contributed by atoms with E-state index in [1.54, 1.807) is 29.9 Å². The van der Waals surface area contributed by atoms with Gasteiger partial charge in [-0.1, -0.05) is 6.92 Å². The van der Waals surface area contributed by atoms with Crippen LogP contribution in [-0.2, 0) is 16.8 Å². The Labute approximate surface area is 127 Å². The number of piperidine rings is 1. The van der Waals surface area contributed by atoms with Gasteiger partial charge in [-0.3, -0.25) is 0 Å². The number of rotatable bonds is 7. The molecule has 0 amide bonds. The molecular weight excluding hydrogens is 290 g/mol. The molecule has 0 unspecified atom stereocenters. The largest absolute Gasteiger partial charge is 0.472 e. The van der Waals surface area contributed by atoms with E-state index in [4.69, 9.17) is 4.42 Å². The second-order valence-corrected chi connectivity index (χ2v) is 7.58. The van der Waals surface area contributed by atoms with Crippen molar-refractivity contribution in [2.45, 2.75) is 26.3 Å². The van der Waals surface area contributed by atoms with Crippen LogP contribution in [0.4, 0.5) is 0 Å². The summed E-state index contributed by atoms with van der Waals surface area (Å²) >= 11 is 0. The fraction of sp³-hybridized carbons (Fsp3) is 0.714. The van der Waals surface area contributed by atoms with E-state index in [1.807, 2.05) is 0 Å². The molecule has 0 aliphatic carbocycles. The summed E-state index contributed by atoms with van der Waals surface area (Å²) in [5.74, 6) is 0.579. The van der Waals surface area contributed by atoms with Crippen molar-refractivity contribution in [3.8, 4) is 0 Å². The number of hydrogen-bond acceptors (Lipinski definition) is 4. The van der Waals surface area contributed by atoms with Crippen LogP contribution in [0.2, 0.25) is 0 Å². The average Bonchev–Trinajstić information content (AvgIpc) is 2.98. The highest BCUT2D eigenvalue weighted by atomic mass is 32.2. The van der Waals surface area contributed by atoms with Crippen molar-refractivity contribution in [3.63, 3.8) is 0 Å². The first-order valence-electron chi connectivity index (χ1n) is 7.47. The smallest absolute Gasteiger partial charge is 0.282 e. The highest BCUT2D eigenvalue weighted by Crippen LogP contribution is 2.21. The molecule has 2 heterocycles. The fourth-order valence-corrected chi connectivity index (χ4v) is 3.99. The summed E-state index contributed by atoms with van der Waals surface area (Å²) in [5.41, 5.74) is 0.864. The van der Waals surface area contributed by atoms with E-state index in [1.165, 1.54) is 4.31 Å². The lowest BCUT2D eigenvalue weighted by Gasteiger charge is -2.33. The Morgan fingerprint density at radius 1 is 1.43 bits per heavy atom. The summed E-state index contributed by atoms with van der Waals surface area (Å²) in [7, 11) is -1.76. The molecule has 21 heavy (non-hydrogen) atoms. The zero-order valence-corrected chi connectivity index (χ0v) is 13.6. The zero-order chi connectivity index (χ0) is 15.3. The van der Waals surface area contributed by atoms with Crippen LogP contribution in [0.15, 0.2) is 23.0 Å². The lowest BCUT2D eigenvalue weighted by Crippen LogP contribution is -2.46. The molecule has 7 heteroatoms. The first-order valence-corrected chi connectivity index (χ1v) is 8.87. The Hall–Kier alpha value is -0.890. The molecule has 1 aliphatic heterocycles. The normalized spacial score (nSPS) is 18.4. The molecule has 6 nitrogen and oxygen atoms in total. The van der Waals surface area contributed by atoms with Crippen molar-refractivity contribution in [1.29, 1.82) is 0 Å². The first kappa shape index (κ1) is 16.5. The lowest BCUT2D eigenvalue weighted by molar-refractivity contribution is 0.254. The number of hydrogen-bond donors (Lipinski definition) is 1. The Morgan fingerprint density at radius 3 is 2.71 bits per heavy atom. The van der Waals surface area contributed by atoms with Gasteiger partial charge in [0.25, 0.3) is 10.2 Å². The summed E-state index contributed by atoms with van der Waals surface area (Å²) in [6.45, 7) is 5.59. The summed E-state index contributed by atoms with van der Waals surface area (Å²) in [6.07, 6.45) is 4.98. The van der Waals surface area contributed by atoms with Crippen LogP contribution in [0.3, 0.4) is 0 Å². The molecule has 1 saturated heterocycles. The maximum absolute atomic E-state index is 12.5. The van der Waals surface area contributed by atoms with Gasteiger partial charge in [0.2, 0.25) is 0 Å². The predicted molar refractivity (Wildman–Crippen MR) is 81.9 cm³/mol. The third-order valence-corrected chi connectivity index (χ3v) is 5.90. The molecule has 0 bridgehead atoms. The van der Waals surface area contributed by atoms with Crippen LogP contribution in [0.5, 0.6) is 0 Å². The van der Waals surface area contributed by atoms with Crippen LogP contribution in [0.25, 0.3) is 0 Å². The first-order chi connectivity index (χ1) is 10.0. The van der Waals surface area contributed by atoms with E-state index in [0.717, 1.165) is 31.5 Å². The van der Waals surface area contributed by atoms with Gasteiger partial charge in [-0.15, -0.1) is 0 Å². The average molecular weight is 315 g/mol.